The van der Waals surface area contributed by atoms with Gasteiger partial charge < -0.3 is 19.5 Å². The van der Waals surface area contributed by atoms with Crippen LogP contribution in [0.3, 0.4) is 0 Å². The van der Waals surface area contributed by atoms with E-state index in [0.29, 0.717) is 44.9 Å². The molecule has 1 heterocycles. The van der Waals surface area contributed by atoms with Crippen molar-refractivity contribution in [1.82, 2.24) is 9.21 Å². The lowest BCUT2D eigenvalue weighted by molar-refractivity contribution is 0.0300. The minimum absolute atomic E-state index is 0.0187. The largest absolute Gasteiger partial charge is 0.496 e. The number of benzene rings is 1. The molecule has 2 aliphatic rings. The van der Waals surface area contributed by atoms with Crippen molar-refractivity contribution in [2.24, 2.45) is 0 Å². The average molecular weight is 413 g/mol. The maximum absolute atomic E-state index is 13.2. The number of carbonyl (C=O) groups is 1. The van der Waals surface area contributed by atoms with Gasteiger partial charge in [-0.05, 0) is 31.0 Å². The van der Waals surface area contributed by atoms with Crippen LogP contribution in [0.5, 0.6) is 5.75 Å². The number of likely N-dealkylation sites (N-methyl/N-ethyl adjacent to an activating group) is 1. The van der Waals surface area contributed by atoms with Crippen LogP contribution >= 0.6 is 0 Å². The average Bonchev–Trinajstić information content (AvgIpc) is 2.73. The molecule has 9 heteroatoms. The van der Waals surface area contributed by atoms with E-state index in [9.17, 15) is 18.3 Å². The molecule has 2 atom stereocenters. The van der Waals surface area contributed by atoms with Gasteiger partial charge >= 0.3 is 0 Å². The molecular weight excluding hydrogens is 384 g/mol. The Labute approximate surface area is 166 Å². The van der Waals surface area contributed by atoms with Crippen LogP contribution in [-0.4, -0.2) is 81.2 Å². The first-order chi connectivity index (χ1) is 13.4. The molecule has 1 saturated carbocycles. The number of hydrogen-bond donors (Lipinski definition) is 1. The van der Waals surface area contributed by atoms with Gasteiger partial charge in [0.2, 0.25) is 10.0 Å². The summed E-state index contributed by atoms with van der Waals surface area (Å²) in [5, 5.41) is 10.2. The maximum Gasteiger partial charge on any atom is 0.257 e. The molecule has 0 bridgehead atoms. The number of aliphatic hydroxyl groups excluding tert-OH is 1. The third-order valence-corrected chi connectivity index (χ3v) is 7.42. The molecule has 0 unspecified atom stereocenters. The monoisotopic (exact) mass is 412 g/mol. The summed E-state index contributed by atoms with van der Waals surface area (Å²) < 4.78 is 38.1. The highest BCUT2D eigenvalue weighted by molar-refractivity contribution is 7.89. The van der Waals surface area contributed by atoms with Gasteiger partial charge in [-0.2, -0.15) is 4.31 Å². The number of ether oxygens (including phenoxy) is 2. The zero-order valence-corrected chi connectivity index (χ0v) is 17.2. The van der Waals surface area contributed by atoms with Gasteiger partial charge in [-0.3, -0.25) is 4.79 Å². The molecule has 28 heavy (non-hydrogen) atoms. The first-order valence-corrected chi connectivity index (χ1v) is 11.0. The van der Waals surface area contributed by atoms with Crippen molar-refractivity contribution < 1.29 is 27.8 Å². The van der Waals surface area contributed by atoms with Gasteiger partial charge in [-0.1, -0.05) is 12.8 Å². The highest BCUT2D eigenvalue weighted by Crippen LogP contribution is 2.30. The van der Waals surface area contributed by atoms with Crippen LogP contribution in [0.4, 0.5) is 0 Å². The zero-order valence-electron chi connectivity index (χ0n) is 16.3. The van der Waals surface area contributed by atoms with Gasteiger partial charge in [0, 0.05) is 20.1 Å². The van der Waals surface area contributed by atoms with E-state index in [-0.39, 0.29) is 16.4 Å². The summed E-state index contributed by atoms with van der Waals surface area (Å²) in [4.78, 5) is 14.6. The number of aliphatic hydroxyl groups is 1. The van der Waals surface area contributed by atoms with Crippen LogP contribution in [0.2, 0.25) is 0 Å². The highest BCUT2D eigenvalue weighted by Gasteiger charge is 2.35. The maximum atomic E-state index is 13.2. The summed E-state index contributed by atoms with van der Waals surface area (Å²) in [6.07, 6.45) is 2.30. The third kappa shape index (κ3) is 4.17. The molecule has 0 radical (unpaired) electrons. The predicted octanol–water partition coefficient (Wildman–Crippen LogP) is 1.09. The standard InChI is InChI=1S/C19H28N2O6S/c1-20(16-5-3-4-6-17(16)22)28(24,25)14-7-8-18(26-2)15(13-14)19(23)21-9-11-27-12-10-21/h7-8,13,16-17,22H,3-6,9-12H2,1-2H3/t16-,17-/m1/s1. The molecular formula is C19H28N2O6S. The van der Waals surface area contributed by atoms with Crippen LogP contribution in [0, 0.1) is 0 Å². The van der Waals surface area contributed by atoms with Gasteiger partial charge in [-0.25, -0.2) is 8.42 Å². The quantitative estimate of drug-likeness (QED) is 0.778. The molecule has 1 aliphatic heterocycles. The second-order valence-corrected chi connectivity index (χ2v) is 9.20. The fourth-order valence-corrected chi connectivity index (χ4v) is 5.25. The molecule has 1 saturated heterocycles. The SMILES string of the molecule is COc1ccc(S(=O)(=O)N(C)[C@@H]2CCCC[C@H]2O)cc1C(=O)N1CCOCC1. The highest BCUT2D eigenvalue weighted by atomic mass is 32.2. The van der Waals surface area contributed by atoms with E-state index in [2.05, 4.69) is 0 Å². The molecule has 0 aromatic heterocycles. The predicted molar refractivity (Wildman–Crippen MR) is 103 cm³/mol. The minimum atomic E-state index is -3.86. The first-order valence-electron chi connectivity index (χ1n) is 9.57. The van der Waals surface area contributed by atoms with E-state index in [1.54, 1.807) is 4.90 Å². The van der Waals surface area contributed by atoms with Crippen LogP contribution in [-0.2, 0) is 14.8 Å². The van der Waals surface area contributed by atoms with E-state index in [0.717, 1.165) is 12.8 Å². The fourth-order valence-electron chi connectivity index (χ4n) is 3.81. The Morgan fingerprint density at radius 1 is 1.25 bits per heavy atom. The number of methoxy groups -OCH3 is 1. The number of sulfonamides is 1. The summed E-state index contributed by atoms with van der Waals surface area (Å²) in [5.74, 6) is 0.0494. The third-order valence-electron chi connectivity index (χ3n) is 5.54. The van der Waals surface area contributed by atoms with E-state index in [4.69, 9.17) is 9.47 Å². The summed E-state index contributed by atoms with van der Waals surface area (Å²) in [5.41, 5.74) is 0.211. The fraction of sp³-hybridized carbons (Fsp3) is 0.632. The summed E-state index contributed by atoms with van der Waals surface area (Å²) in [6.45, 7) is 1.81. The molecule has 1 amide bonds. The van der Waals surface area contributed by atoms with Crippen LogP contribution in [0.1, 0.15) is 36.0 Å². The van der Waals surface area contributed by atoms with E-state index >= 15 is 0 Å². The number of amides is 1. The molecule has 1 N–H and O–H groups in total. The molecule has 156 valence electrons. The van der Waals surface area contributed by atoms with Gasteiger partial charge in [0.25, 0.3) is 5.91 Å². The number of morpholine rings is 1. The van der Waals surface area contributed by atoms with Crippen molar-refractivity contribution in [2.75, 3.05) is 40.5 Å². The summed E-state index contributed by atoms with van der Waals surface area (Å²) in [6, 6.07) is 3.86. The van der Waals surface area contributed by atoms with E-state index in [1.165, 1.54) is 36.7 Å². The molecule has 1 aromatic carbocycles. The number of rotatable bonds is 5. The molecule has 1 aliphatic carbocycles. The number of nitrogens with zero attached hydrogens (tertiary/aromatic N) is 2. The smallest absolute Gasteiger partial charge is 0.257 e. The molecule has 8 nitrogen and oxygen atoms in total. The number of carbonyl (C=O) groups excluding carboxylic acids is 1. The normalized spacial score (nSPS) is 23.6. The Morgan fingerprint density at radius 2 is 1.93 bits per heavy atom. The van der Waals surface area contributed by atoms with Crippen LogP contribution in [0.15, 0.2) is 23.1 Å². The Kier molecular flexibility index (Phi) is 6.59. The second-order valence-electron chi connectivity index (χ2n) is 7.21. The van der Waals surface area contributed by atoms with Gasteiger partial charge in [0.15, 0.2) is 0 Å². The van der Waals surface area contributed by atoms with E-state index < -0.39 is 22.2 Å². The molecule has 3 rings (SSSR count). The number of hydrogen-bond acceptors (Lipinski definition) is 6. The Hall–Kier alpha value is -1.68. The Morgan fingerprint density at radius 3 is 2.57 bits per heavy atom. The zero-order chi connectivity index (χ0) is 20.3. The first kappa shape index (κ1) is 21.0. The van der Waals surface area contributed by atoms with Crippen molar-refractivity contribution in [2.45, 2.75) is 42.7 Å². The van der Waals surface area contributed by atoms with Crippen molar-refractivity contribution >= 4 is 15.9 Å². The lowest BCUT2D eigenvalue weighted by Gasteiger charge is -2.34. The van der Waals surface area contributed by atoms with Gasteiger partial charge in [0.05, 0.1) is 42.9 Å². The van der Waals surface area contributed by atoms with Crippen molar-refractivity contribution in [3.63, 3.8) is 0 Å². The van der Waals surface area contributed by atoms with Crippen molar-refractivity contribution in [3.05, 3.63) is 23.8 Å². The Bertz CT molecular complexity index is 807. The minimum Gasteiger partial charge on any atom is -0.496 e. The lowest BCUT2D eigenvalue weighted by atomic mass is 9.93. The van der Waals surface area contributed by atoms with Crippen molar-refractivity contribution in [3.8, 4) is 5.75 Å². The molecule has 2 fully saturated rings. The van der Waals surface area contributed by atoms with Gasteiger partial charge in [0.1, 0.15) is 5.75 Å². The topological polar surface area (TPSA) is 96.4 Å². The molecule has 1 aromatic rings. The second kappa shape index (κ2) is 8.77. The molecule has 0 spiro atoms. The summed E-state index contributed by atoms with van der Waals surface area (Å²) >= 11 is 0. The van der Waals surface area contributed by atoms with Crippen LogP contribution in [0.25, 0.3) is 0 Å². The Balaban J connectivity index is 1.91. The van der Waals surface area contributed by atoms with Crippen molar-refractivity contribution in [1.29, 1.82) is 0 Å². The lowest BCUT2D eigenvalue weighted by Crippen LogP contribution is -2.46. The summed E-state index contributed by atoms with van der Waals surface area (Å²) in [7, 11) is -0.924. The van der Waals surface area contributed by atoms with E-state index in [1.807, 2.05) is 0 Å². The van der Waals surface area contributed by atoms with Crippen LogP contribution < -0.4 is 4.74 Å². The van der Waals surface area contributed by atoms with Gasteiger partial charge in [-0.15, -0.1) is 0 Å².